The van der Waals surface area contributed by atoms with Crippen LogP contribution in [0.4, 0.5) is 4.79 Å². The molecule has 3 rings (SSSR count). The molecule has 9 heteroatoms. The van der Waals surface area contributed by atoms with Crippen molar-refractivity contribution in [3.8, 4) is 5.69 Å². The molecule has 27 heavy (non-hydrogen) atoms. The molecule has 0 radical (unpaired) electrons. The third kappa shape index (κ3) is 4.57. The summed E-state index contributed by atoms with van der Waals surface area (Å²) in [5, 5.41) is 12.1. The molecule has 144 valence electrons. The lowest BCUT2D eigenvalue weighted by Gasteiger charge is -2.32. The first-order valence-electron chi connectivity index (χ1n) is 8.90. The second-order valence-corrected chi connectivity index (χ2v) is 6.79. The number of carbonyl (C=O) groups excluding carboxylic acids is 2. The lowest BCUT2D eigenvalue weighted by molar-refractivity contribution is 0.0679. The molecular formula is C18H22ClN5O3. The van der Waals surface area contributed by atoms with E-state index in [1.807, 2.05) is 6.07 Å². The number of benzene rings is 1. The number of nitrogens with zero attached hydrogens (tertiary/aromatic N) is 4. The van der Waals surface area contributed by atoms with E-state index in [4.69, 9.17) is 16.3 Å². The summed E-state index contributed by atoms with van der Waals surface area (Å²) in [6.07, 6.45) is 1.14. The quantitative estimate of drug-likeness (QED) is 0.865. The maximum absolute atomic E-state index is 12.9. The van der Waals surface area contributed by atoms with Crippen molar-refractivity contribution in [3.63, 3.8) is 0 Å². The van der Waals surface area contributed by atoms with Gasteiger partial charge >= 0.3 is 6.09 Å². The monoisotopic (exact) mass is 391 g/mol. The predicted molar refractivity (Wildman–Crippen MR) is 100 cm³/mol. The van der Waals surface area contributed by atoms with Crippen LogP contribution in [0.2, 0.25) is 5.02 Å². The van der Waals surface area contributed by atoms with Gasteiger partial charge in [0, 0.05) is 24.2 Å². The zero-order valence-corrected chi connectivity index (χ0v) is 16.1. The fraction of sp³-hybridized carbons (Fsp3) is 0.444. The van der Waals surface area contributed by atoms with Crippen molar-refractivity contribution in [1.82, 2.24) is 25.2 Å². The minimum Gasteiger partial charge on any atom is -0.450 e. The van der Waals surface area contributed by atoms with Crippen LogP contribution in [0.5, 0.6) is 0 Å². The minimum absolute atomic E-state index is 0.134. The number of hydrogen-bond acceptors (Lipinski definition) is 5. The van der Waals surface area contributed by atoms with Gasteiger partial charge in [0.05, 0.1) is 18.0 Å². The minimum atomic E-state index is -0.458. The van der Waals surface area contributed by atoms with E-state index in [1.165, 1.54) is 4.80 Å². The number of alkyl carbamates (subject to hydrolysis) is 1. The summed E-state index contributed by atoms with van der Waals surface area (Å²) in [5.74, 6) is -0.198. The van der Waals surface area contributed by atoms with Crippen LogP contribution in [-0.2, 0) is 4.74 Å². The fourth-order valence-electron chi connectivity index (χ4n) is 3.06. The highest BCUT2D eigenvalue weighted by Crippen LogP contribution is 2.17. The van der Waals surface area contributed by atoms with Gasteiger partial charge in [0.2, 0.25) is 0 Å². The van der Waals surface area contributed by atoms with E-state index in [1.54, 1.807) is 36.9 Å². The zero-order chi connectivity index (χ0) is 19.4. The van der Waals surface area contributed by atoms with Crippen molar-refractivity contribution in [1.29, 1.82) is 0 Å². The number of hydrogen-bond donors (Lipinski definition) is 1. The molecule has 0 bridgehead atoms. The standard InChI is InChI=1S/C18H22ClN5O3/c1-3-27-18(26)20-14-7-5-9-23(11-14)17(25)16-12(2)21-24(22-16)15-8-4-6-13(19)10-15/h4,6,8,10,14H,3,5,7,9,11H2,1-2H3,(H,20,26). The number of piperidine rings is 1. The van der Waals surface area contributed by atoms with Crippen LogP contribution in [0.15, 0.2) is 24.3 Å². The molecule has 1 aliphatic rings. The predicted octanol–water partition coefficient (Wildman–Crippen LogP) is 2.58. The summed E-state index contributed by atoms with van der Waals surface area (Å²) in [5.41, 5.74) is 1.53. The molecule has 1 unspecified atom stereocenters. The summed E-state index contributed by atoms with van der Waals surface area (Å²) in [6.45, 7) is 4.85. The highest BCUT2D eigenvalue weighted by molar-refractivity contribution is 6.30. The van der Waals surface area contributed by atoms with E-state index < -0.39 is 6.09 Å². The Kier molecular flexibility index (Phi) is 5.95. The molecular weight excluding hydrogens is 370 g/mol. The van der Waals surface area contributed by atoms with Gasteiger partial charge in [-0.05, 0) is 44.9 Å². The molecule has 2 amide bonds. The summed E-state index contributed by atoms with van der Waals surface area (Å²) in [7, 11) is 0. The number of halogens is 1. The van der Waals surface area contributed by atoms with Gasteiger partial charge in [0.25, 0.3) is 5.91 Å². The summed E-state index contributed by atoms with van der Waals surface area (Å²) >= 11 is 6.02. The Morgan fingerprint density at radius 3 is 2.93 bits per heavy atom. The van der Waals surface area contributed by atoms with Crippen molar-refractivity contribution in [3.05, 3.63) is 40.7 Å². The average Bonchev–Trinajstić information content (AvgIpc) is 3.03. The number of nitrogens with one attached hydrogen (secondary N) is 1. The third-order valence-corrected chi connectivity index (χ3v) is 4.56. The average molecular weight is 392 g/mol. The largest absolute Gasteiger partial charge is 0.450 e. The summed E-state index contributed by atoms with van der Waals surface area (Å²) in [4.78, 5) is 27.7. The Hall–Kier alpha value is -2.61. The van der Waals surface area contributed by atoms with Gasteiger partial charge in [0.15, 0.2) is 5.69 Å². The lowest BCUT2D eigenvalue weighted by Crippen LogP contribution is -2.49. The van der Waals surface area contributed by atoms with Crippen LogP contribution in [0.1, 0.15) is 35.9 Å². The Morgan fingerprint density at radius 1 is 1.37 bits per heavy atom. The molecule has 1 N–H and O–H groups in total. The smallest absolute Gasteiger partial charge is 0.407 e. The Morgan fingerprint density at radius 2 is 2.19 bits per heavy atom. The summed E-state index contributed by atoms with van der Waals surface area (Å²) in [6, 6.07) is 6.98. The molecule has 8 nitrogen and oxygen atoms in total. The number of amides is 2. The molecule has 1 saturated heterocycles. The van der Waals surface area contributed by atoms with Gasteiger partial charge in [-0.15, -0.1) is 5.10 Å². The molecule has 2 heterocycles. The van der Waals surface area contributed by atoms with E-state index in [0.717, 1.165) is 12.8 Å². The number of carbonyl (C=O) groups is 2. The molecule has 1 aromatic carbocycles. The Balaban J connectivity index is 1.73. The van der Waals surface area contributed by atoms with Crippen molar-refractivity contribution in [2.75, 3.05) is 19.7 Å². The number of aryl methyl sites for hydroxylation is 1. The van der Waals surface area contributed by atoms with Crippen LogP contribution >= 0.6 is 11.6 Å². The highest BCUT2D eigenvalue weighted by Gasteiger charge is 2.28. The third-order valence-electron chi connectivity index (χ3n) is 4.33. The van der Waals surface area contributed by atoms with Gasteiger partial charge in [0.1, 0.15) is 0 Å². The summed E-state index contributed by atoms with van der Waals surface area (Å²) < 4.78 is 4.92. The van der Waals surface area contributed by atoms with Crippen molar-refractivity contribution >= 4 is 23.6 Å². The first-order valence-corrected chi connectivity index (χ1v) is 9.28. The topological polar surface area (TPSA) is 89.4 Å². The van der Waals surface area contributed by atoms with Gasteiger partial charge in [-0.1, -0.05) is 17.7 Å². The lowest BCUT2D eigenvalue weighted by atomic mass is 10.1. The molecule has 0 saturated carbocycles. The van der Waals surface area contributed by atoms with E-state index in [2.05, 4.69) is 15.5 Å². The van der Waals surface area contributed by atoms with Gasteiger partial charge in [-0.2, -0.15) is 9.90 Å². The maximum atomic E-state index is 12.9. The van der Waals surface area contributed by atoms with Crippen molar-refractivity contribution in [2.45, 2.75) is 32.7 Å². The van der Waals surface area contributed by atoms with E-state index in [-0.39, 0.29) is 11.9 Å². The number of rotatable bonds is 4. The molecule has 0 aliphatic carbocycles. The SMILES string of the molecule is CCOC(=O)NC1CCCN(C(=O)c2nn(-c3cccc(Cl)c3)nc2C)C1. The van der Waals surface area contributed by atoms with Gasteiger partial charge in [-0.3, -0.25) is 4.79 Å². The second-order valence-electron chi connectivity index (χ2n) is 6.36. The number of ether oxygens (including phenoxy) is 1. The Bertz CT molecular complexity index is 838. The van der Waals surface area contributed by atoms with E-state index in [9.17, 15) is 9.59 Å². The highest BCUT2D eigenvalue weighted by atomic mass is 35.5. The Labute approximate surface area is 162 Å². The number of aromatic nitrogens is 3. The van der Waals surface area contributed by atoms with Crippen molar-refractivity contribution in [2.24, 2.45) is 0 Å². The van der Waals surface area contributed by atoms with Crippen LogP contribution in [-0.4, -0.2) is 57.6 Å². The van der Waals surface area contributed by atoms with Crippen molar-refractivity contribution < 1.29 is 14.3 Å². The molecule has 0 spiro atoms. The first-order chi connectivity index (χ1) is 13.0. The molecule has 1 aromatic heterocycles. The normalized spacial score (nSPS) is 16.9. The van der Waals surface area contributed by atoms with Crippen LogP contribution in [0.3, 0.4) is 0 Å². The molecule has 1 atom stereocenters. The maximum Gasteiger partial charge on any atom is 0.407 e. The van der Waals surface area contributed by atoms with E-state index in [0.29, 0.717) is 41.8 Å². The zero-order valence-electron chi connectivity index (χ0n) is 15.3. The van der Waals surface area contributed by atoms with Crippen LogP contribution in [0, 0.1) is 6.92 Å². The van der Waals surface area contributed by atoms with Gasteiger partial charge < -0.3 is 15.0 Å². The first kappa shape index (κ1) is 19.2. The van der Waals surface area contributed by atoms with Gasteiger partial charge in [-0.25, -0.2) is 4.79 Å². The van der Waals surface area contributed by atoms with E-state index >= 15 is 0 Å². The second kappa shape index (κ2) is 8.39. The molecule has 1 fully saturated rings. The van der Waals surface area contributed by atoms with Crippen LogP contribution < -0.4 is 5.32 Å². The van der Waals surface area contributed by atoms with Crippen LogP contribution in [0.25, 0.3) is 5.69 Å². The molecule has 2 aromatic rings. The number of likely N-dealkylation sites (tertiary alicyclic amines) is 1. The fourth-order valence-corrected chi connectivity index (χ4v) is 3.25. The molecule has 1 aliphatic heterocycles.